The molecule has 20 heavy (non-hydrogen) atoms. The molecule has 108 valence electrons. The minimum atomic E-state index is -0.100. The van der Waals surface area contributed by atoms with Crippen molar-refractivity contribution in [2.75, 3.05) is 6.54 Å². The third kappa shape index (κ3) is 3.00. The van der Waals surface area contributed by atoms with Crippen LogP contribution in [0.3, 0.4) is 0 Å². The van der Waals surface area contributed by atoms with E-state index < -0.39 is 0 Å². The lowest BCUT2D eigenvalue weighted by Gasteiger charge is -2.21. The van der Waals surface area contributed by atoms with Crippen LogP contribution in [0, 0.1) is 13.8 Å². The van der Waals surface area contributed by atoms with Crippen LogP contribution >= 0.6 is 0 Å². The molecule has 0 radical (unpaired) electrons. The van der Waals surface area contributed by atoms with Crippen molar-refractivity contribution in [3.8, 4) is 0 Å². The van der Waals surface area contributed by atoms with E-state index in [4.69, 9.17) is 0 Å². The first-order valence-electron chi connectivity index (χ1n) is 7.06. The predicted molar refractivity (Wildman–Crippen MR) is 78.6 cm³/mol. The summed E-state index contributed by atoms with van der Waals surface area (Å²) in [5, 5.41) is 2.96. The largest absolute Gasteiger partial charge is 0.347 e. The lowest BCUT2D eigenvalue weighted by atomic mass is 10.1. The second kappa shape index (κ2) is 5.65. The molecule has 1 N–H and O–H groups in total. The molecule has 1 saturated heterocycles. The molecule has 1 atom stereocenters. The lowest BCUT2D eigenvalue weighted by Crippen LogP contribution is -2.38. The number of nitrogens with zero attached hydrogens (tertiary/aromatic N) is 1. The predicted octanol–water partition coefficient (Wildman–Crippen LogP) is 2.04. The Balaban J connectivity index is 2.02. The lowest BCUT2D eigenvalue weighted by molar-refractivity contribution is -0.129. The highest BCUT2D eigenvalue weighted by Gasteiger charge is 2.32. The number of rotatable bonds is 3. The van der Waals surface area contributed by atoms with E-state index in [1.54, 1.807) is 0 Å². The minimum absolute atomic E-state index is 0.0843. The van der Waals surface area contributed by atoms with Crippen molar-refractivity contribution in [2.24, 2.45) is 0 Å². The van der Waals surface area contributed by atoms with Crippen LogP contribution < -0.4 is 5.32 Å². The van der Waals surface area contributed by atoms with E-state index in [9.17, 15) is 9.59 Å². The van der Waals surface area contributed by atoms with Crippen molar-refractivity contribution in [3.05, 3.63) is 34.9 Å². The van der Waals surface area contributed by atoms with Gasteiger partial charge in [-0.05, 0) is 51.0 Å². The molecule has 0 spiro atoms. The van der Waals surface area contributed by atoms with Crippen LogP contribution in [0.4, 0.5) is 0 Å². The van der Waals surface area contributed by atoms with Crippen molar-refractivity contribution in [3.63, 3.8) is 0 Å². The fourth-order valence-corrected chi connectivity index (χ4v) is 2.48. The molecule has 1 aliphatic heterocycles. The van der Waals surface area contributed by atoms with Gasteiger partial charge in [0, 0.05) is 24.6 Å². The van der Waals surface area contributed by atoms with Crippen LogP contribution in [0.25, 0.3) is 0 Å². The third-order valence-electron chi connectivity index (χ3n) is 3.89. The standard InChI is InChI=1S/C16H22N2O2/c1-10(2)18-9-14(8-15(18)19)17-16(20)13-6-5-11(3)12(4)7-13/h5-7,10,14H,8-9H2,1-4H3,(H,17,20). The molecule has 0 saturated carbocycles. The Morgan fingerprint density at radius 1 is 1.30 bits per heavy atom. The van der Waals surface area contributed by atoms with Gasteiger partial charge in [-0.1, -0.05) is 6.07 Å². The highest BCUT2D eigenvalue weighted by molar-refractivity contribution is 5.95. The van der Waals surface area contributed by atoms with Crippen LogP contribution in [0.5, 0.6) is 0 Å². The molecule has 1 fully saturated rings. The highest BCUT2D eigenvalue weighted by atomic mass is 16.2. The van der Waals surface area contributed by atoms with Crippen molar-refractivity contribution < 1.29 is 9.59 Å². The van der Waals surface area contributed by atoms with Gasteiger partial charge < -0.3 is 10.2 Å². The number of hydrogen-bond acceptors (Lipinski definition) is 2. The Hall–Kier alpha value is -1.84. The molecule has 1 unspecified atom stereocenters. The van der Waals surface area contributed by atoms with Crippen LogP contribution in [-0.2, 0) is 4.79 Å². The van der Waals surface area contributed by atoms with Crippen molar-refractivity contribution in [1.82, 2.24) is 10.2 Å². The zero-order valence-corrected chi connectivity index (χ0v) is 12.6. The van der Waals surface area contributed by atoms with E-state index in [1.165, 1.54) is 5.56 Å². The van der Waals surface area contributed by atoms with Crippen LogP contribution in [0.1, 0.15) is 41.8 Å². The monoisotopic (exact) mass is 274 g/mol. The molecule has 0 bridgehead atoms. The average molecular weight is 274 g/mol. The first kappa shape index (κ1) is 14.6. The Morgan fingerprint density at radius 2 is 2.00 bits per heavy atom. The maximum absolute atomic E-state index is 12.2. The molecule has 2 amide bonds. The SMILES string of the molecule is Cc1ccc(C(=O)NC2CC(=O)N(C(C)C)C2)cc1C. The van der Waals surface area contributed by atoms with E-state index in [2.05, 4.69) is 5.32 Å². The molecule has 1 aliphatic rings. The summed E-state index contributed by atoms with van der Waals surface area (Å²) < 4.78 is 0. The number of benzene rings is 1. The van der Waals surface area contributed by atoms with Gasteiger partial charge in [-0.2, -0.15) is 0 Å². The summed E-state index contributed by atoms with van der Waals surface area (Å²) in [4.78, 5) is 25.8. The van der Waals surface area contributed by atoms with E-state index in [1.807, 2.05) is 50.8 Å². The number of carbonyl (C=O) groups excluding carboxylic acids is 2. The number of aryl methyl sites for hydroxylation is 2. The van der Waals surface area contributed by atoms with Crippen LogP contribution in [0.15, 0.2) is 18.2 Å². The van der Waals surface area contributed by atoms with Crippen LogP contribution in [0.2, 0.25) is 0 Å². The summed E-state index contributed by atoms with van der Waals surface area (Å²) in [6.07, 6.45) is 0.398. The smallest absolute Gasteiger partial charge is 0.251 e. The molecule has 1 aromatic rings. The van der Waals surface area contributed by atoms with E-state index >= 15 is 0 Å². The van der Waals surface area contributed by atoms with Gasteiger partial charge in [0.15, 0.2) is 0 Å². The molecular weight excluding hydrogens is 252 g/mol. The summed E-state index contributed by atoms with van der Waals surface area (Å²) in [6, 6.07) is 5.77. The van der Waals surface area contributed by atoms with Crippen molar-refractivity contribution >= 4 is 11.8 Å². The number of carbonyl (C=O) groups is 2. The zero-order chi connectivity index (χ0) is 14.9. The normalized spacial score (nSPS) is 18.8. The van der Waals surface area contributed by atoms with Gasteiger partial charge >= 0.3 is 0 Å². The average Bonchev–Trinajstić information content (AvgIpc) is 2.73. The topological polar surface area (TPSA) is 49.4 Å². The van der Waals surface area contributed by atoms with Gasteiger partial charge in [0.25, 0.3) is 5.91 Å². The first-order chi connectivity index (χ1) is 9.38. The molecule has 1 aromatic carbocycles. The van der Waals surface area contributed by atoms with Gasteiger partial charge in [-0.15, -0.1) is 0 Å². The summed E-state index contributed by atoms with van der Waals surface area (Å²) in [6.45, 7) is 8.60. The Morgan fingerprint density at radius 3 is 2.55 bits per heavy atom. The van der Waals surface area contributed by atoms with Crippen molar-refractivity contribution in [1.29, 1.82) is 0 Å². The molecule has 0 aliphatic carbocycles. The van der Waals surface area contributed by atoms with E-state index in [-0.39, 0.29) is 23.9 Å². The summed E-state index contributed by atoms with van der Waals surface area (Å²) in [5.74, 6) is 0.0156. The highest BCUT2D eigenvalue weighted by Crippen LogP contribution is 2.15. The van der Waals surface area contributed by atoms with Gasteiger partial charge in [0.2, 0.25) is 5.91 Å². The summed E-state index contributed by atoms with van der Waals surface area (Å²) in [7, 11) is 0. The molecule has 0 aromatic heterocycles. The molecule has 2 rings (SSSR count). The quantitative estimate of drug-likeness (QED) is 0.917. The zero-order valence-electron chi connectivity index (χ0n) is 12.6. The number of amides is 2. The minimum Gasteiger partial charge on any atom is -0.347 e. The number of nitrogens with one attached hydrogen (secondary N) is 1. The van der Waals surface area contributed by atoms with Gasteiger partial charge in [0.05, 0.1) is 6.04 Å². The fourth-order valence-electron chi connectivity index (χ4n) is 2.48. The fraction of sp³-hybridized carbons (Fsp3) is 0.500. The summed E-state index contributed by atoms with van der Waals surface area (Å²) in [5.41, 5.74) is 2.93. The van der Waals surface area contributed by atoms with Gasteiger partial charge in [-0.25, -0.2) is 0 Å². The Bertz CT molecular complexity index is 537. The second-order valence-electron chi connectivity index (χ2n) is 5.81. The first-order valence-corrected chi connectivity index (χ1v) is 7.06. The molecule has 1 heterocycles. The molecule has 4 nitrogen and oxygen atoms in total. The second-order valence-corrected chi connectivity index (χ2v) is 5.81. The Labute approximate surface area is 120 Å². The maximum atomic E-state index is 12.2. The third-order valence-corrected chi connectivity index (χ3v) is 3.89. The number of likely N-dealkylation sites (tertiary alicyclic amines) is 1. The van der Waals surface area contributed by atoms with Gasteiger partial charge in [-0.3, -0.25) is 9.59 Å². The van der Waals surface area contributed by atoms with Crippen molar-refractivity contribution in [2.45, 2.75) is 46.2 Å². The van der Waals surface area contributed by atoms with E-state index in [0.717, 1.165) is 5.56 Å². The molecule has 4 heteroatoms. The maximum Gasteiger partial charge on any atom is 0.251 e. The number of hydrogen-bond donors (Lipinski definition) is 1. The Kier molecular flexibility index (Phi) is 4.12. The van der Waals surface area contributed by atoms with Gasteiger partial charge in [0.1, 0.15) is 0 Å². The molecular formula is C16H22N2O2. The summed E-state index contributed by atoms with van der Waals surface area (Å²) >= 11 is 0. The van der Waals surface area contributed by atoms with Crippen LogP contribution in [-0.4, -0.2) is 35.3 Å². The van der Waals surface area contributed by atoms with E-state index in [0.29, 0.717) is 18.5 Å².